The van der Waals surface area contributed by atoms with E-state index in [1.54, 1.807) is 30.3 Å². The topological polar surface area (TPSA) is 84.9 Å². The van der Waals surface area contributed by atoms with E-state index in [9.17, 15) is 14.4 Å². The van der Waals surface area contributed by atoms with Crippen LogP contribution in [0.1, 0.15) is 37.4 Å². The number of amides is 1. The fraction of sp³-hybridized carbons (Fsp3) is 0.171. The second-order valence-electron chi connectivity index (χ2n) is 11.2. The number of fused-ring (bicyclic) bond motifs is 7. The fourth-order valence-corrected chi connectivity index (χ4v) is 7.30. The van der Waals surface area contributed by atoms with Gasteiger partial charge in [0, 0.05) is 22.5 Å². The van der Waals surface area contributed by atoms with Crippen LogP contribution >= 0.6 is 0 Å². The summed E-state index contributed by atoms with van der Waals surface area (Å²) in [4.78, 5) is 46.1. The molecule has 7 heteroatoms. The van der Waals surface area contributed by atoms with Gasteiger partial charge in [0.05, 0.1) is 12.0 Å². The zero-order valence-electron chi connectivity index (χ0n) is 22.7. The van der Waals surface area contributed by atoms with Gasteiger partial charge in [0.25, 0.3) is 0 Å². The van der Waals surface area contributed by atoms with Crippen LogP contribution in [-0.2, 0) is 10.2 Å². The summed E-state index contributed by atoms with van der Waals surface area (Å²) in [7, 11) is 0. The highest BCUT2D eigenvalue weighted by Gasteiger charge is 2.70. The molecule has 0 saturated carbocycles. The molecule has 0 bridgehead atoms. The first kappa shape index (κ1) is 24.6. The third-order valence-electron chi connectivity index (χ3n) is 9.05. The zero-order chi connectivity index (χ0) is 28.6. The van der Waals surface area contributed by atoms with Gasteiger partial charge in [0.15, 0.2) is 23.1 Å². The largest absolute Gasteiger partial charge is 0.454 e. The molecule has 4 aliphatic heterocycles. The molecular weight excluding hydrogens is 528 g/mol. The predicted molar refractivity (Wildman–Crippen MR) is 158 cm³/mol. The third kappa shape index (κ3) is 3.25. The summed E-state index contributed by atoms with van der Waals surface area (Å²) < 4.78 is 11.1. The summed E-state index contributed by atoms with van der Waals surface area (Å²) in [5.74, 6) is -0.828. The number of anilines is 2. The first-order valence-corrected chi connectivity index (χ1v) is 14.0. The van der Waals surface area contributed by atoms with Gasteiger partial charge < -0.3 is 19.7 Å². The zero-order valence-corrected chi connectivity index (χ0v) is 22.7. The highest BCUT2D eigenvalue weighted by molar-refractivity contribution is 6.18. The Balaban J connectivity index is 1.42. The summed E-state index contributed by atoms with van der Waals surface area (Å²) in [6.45, 7) is 2.09. The third-order valence-corrected chi connectivity index (χ3v) is 9.05. The molecule has 0 aromatic heterocycles. The Morgan fingerprint density at radius 2 is 1.64 bits per heavy atom. The van der Waals surface area contributed by atoms with E-state index < -0.39 is 23.4 Å². The van der Waals surface area contributed by atoms with Gasteiger partial charge in [-0.3, -0.25) is 14.4 Å². The molecule has 1 amide bonds. The standard InChI is InChI=1S/C35H26N2O5/c1-20-11-14-26-22(17-20)13-16-29-35(24-9-5-6-10-25(24)36-34(35)40)30(31(37(26)29)33(39)21-7-3-2-4-8-21)32(38)23-12-15-27-28(18-23)42-19-41-27/h2-18,29-31H,19H2,1H3,(H,36,40)/t29-,30+,31-,35-/m0/s1. The van der Waals surface area contributed by atoms with E-state index >= 15 is 0 Å². The molecule has 0 unspecified atom stereocenters. The van der Waals surface area contributed by atoms with Crippen LogP contribution in [0.5, 0.6) is 11.5 Å². The molecular formula is C35H26N2O5. The molecule has 4 heterocycles. The molecule has 4 aromatic rings. The summed E-state index contributed by atoms with van der Waals surface area (Å²) in [6.07, 6.45) is 4.00. The van der Waals surface area contributed by atoms with Crippen LogP contribution in [0.4, 0.5) is 11.4 Å². The van der Waals surface area contributed by atoms with Crippen molar-refractivity contribution >= 4 is 34.9 Å². The number of para-hydroxylation sites is 1. The maximum absolute atomic E-state index is 14.9. The van der Waals surface area contributed by atoms with Gasteiger partial charge in [0.1, 0.15) is 11.5 Å². The minimum absolute atomic E-state index is 0.0715. The number of ether oxygens (including phenoxy) is 2. The number of ketones is 2. The number of aryl methyl sites for hydroxylation is 1. The van der Waals surface area contributed by atoms with Crippen molar-refractivity contribution in [3.63, 3.8) is 0 Å². The fourth-order valence-electron chi connectivity index (χ4n) is 7.30. The maximum atomic E-state index is 14.9. The minimum Gasteiger partial charge on any atom is -0.454 e. The number of rotatable bonds is 4. The van der Waals surface area contributed by atoms with Gasteiger partial charge in [0.2, 0.25) is 12.7 Å². The molecule has 4 aromatic carbocycles. The van der Waals surface area contributed by atoms with Gasteiger partial charge in [-0.15, -0.1) is 0 Å². The molecule has 42 heavy (non-hydrogen) atoms. The summed E-state index contributed by atoms with van der Waals surface area (Å²) in [5, 5.41) is 3.07. The van der Waals surface area contributed by atoms with Crippen molar-refractivity contribution in [3.8, 4) is 11.5 Å². The average molecular weight is 555 g/mol. The quantitative estimate of drug-likeness (QED) is 0.332. The lowest BCUT2D eigenvalue weighted by molar-refractivity contribution is -0.121. The number of hydrogen-bond donors (Lipinski definition) is 1. The molecule has 206 valence electrons. The Morgan fingerprint density at radius 3 is 2.50 bits per heavy atom. The summed E-state index contributed by atoms with van der Waals surface area (Å²) >= 11 is 0. The van der Waals surface area contributed by atoms with Crippen molar-refractivity contribution < 1.29 is 23.9 Å². The highest BCUT2D eigenvalue weighted by Crippen LogP contribution is 2.58. The second-order valence-corrected chi connectivity index (χ2v) is 11.2. The molecule has 1 spiro atoms. The molecule has 1 fully saturated rings. The van der Waals surface area contributed by atoms with Crippen molar-refractivity contribution in [2.24, 2.45) is 5.92 Å². The minimum atomic E-state index is -1.36. The van der Waals surface area contributed by atoms with Crippen LogP contribution in [0, 0.1) is 12.8 Å². The van der Waals surface area contributed by atoms with Crippen LogP contribution in [-0.4, -0.2) is 36.4 Å². The molecule has 4 aliphatic rings. The Morgan fingerprint density at radius 1 is 0.857 bits per heavy atom. The van der Waals surface area contributed by atoms with Crippen LogP contribution in [0.3, 0.4) is 0 Å². The van der Waals surface area contributed by atoms with E-state index in [4.69, 9.17) is 9.47 Å². The predicted octanol–water partition coefficient (Wildman–Crippen LogP) is 5.58. The number of carbonyl (C=O) groups is 3. The number of benzene rings is 4. The van der Waals surface area contributed by atoms with Crippen LogP contribution < -0.4 is 19.7 Å². The van der Waals surface area contributed by atoms with Crippen molar-refractivity contribution in [2.45, 2.75) is 24.4 Å². The van der Waals surface area contributed by atoms with E-state index in [2.05, 4.69) is 11.4 Å². The molecule has 7 nitrogen and oxygen atoms in total. The summed E-state index contributed by atoms with van der Waals surface area (Å²) in [6, 6.07) is 26.1. The van der Waals surface area contributed by atoms with E-state index in [1.165, 1.54) is 0 Å². The SMILES string of the molecule is Cc1ccc2c(c1)C=C[C@@H]1N2[C@H](C(=O)c2ccccc2)[C@H](C(=O)c2ccc3c(c2)OCO3)[C@@]12C(=O)Nc1ccccc12. The molecule has 8 rings (SSSR count). The maximum Gasteiger partial charge on any atom is 0.238 e. The van der Waals surface area contributed by atoms with Gasteiger partial charge >= 0.3 is 0 Å². The normalized spacial score (nSPS) is 24.3. The Kier molecular flexibility index (Phi) is 5.22. The van der Waals surface area contributed by atoms with E-state index in [0.717, 1.165) is 16.8 Å². The van der Waals surface area contributed by atoms with Gasteiger partial charge in [-0.2, -0.15) is 0 Å². The highest BCUT2D eigenvalue weighted by atomic mass is 16.7. The van der Waals surface area contributed by atoms with Crippen LogP contribution in [0.15, 0.2) is 97.1 Å². The lowest BCUT2D eigenvalue weighted by Gasteiger charge is -2.37. The van der Waals surface area contributed by atoms with Crippen molar-refractivity contribution in [1.29, 1.82) is 0 Å². The Hall–Kier alpha value is -5.17. The van der Waals surface area contributed by atoms with Crippen LogP contribution in [0.25, 0.3) is 6.08 Å². The Labute approximate surface area is 242 Å². The van der Waals surface area contributed by atoms with Crippen molar-refractivity contribution in [3.05, 3.63) is 125 Å². The number of Topliss-reactive ketones (excluding diaryl/α,β-unsaturated/α-hetero) is 2. The first-order valence-electron chi connectivity index (χ1n) is 14.0. The van der Waals surface area contributed by atoms with Crippen LogP contribution in [0.2, 0.25) is 0 Å². The smallest absolute Gasteiger partial charge is 0.238 e. The molecule has 4 atom stereocenters. The molecule has 1 saturated heterocycles. The number of carbonyl (C=O) groups excluding carboxylic acids is 3. The van der Waals surface area contributed by atoms with Crippen molar-refractivity contribution in [2.75, 3.05) is 17.0 Å². The molecule has 0 radical (unpaired) electrons. The van der Waals surface area contributed by atoms with E-state index in [1.807, 2.05) is 78.6 Å². The number of hydrogen-bond acceptors (Lipinski definition) is 6. The second kappa shape index (κ2) is 8.91. The van der Waals surface area contributed by atoms with E-state index in [0.29, 0.717) is 33.9 Å². The van der Waals surface area contributed by atoms with E-state index in [-0.39, 0.29) is 24.3 Å². The lowest BCUT2D eigenvalue weighted by atomic mass is 9.64. The van der Waals surface area contributed by atoms with Crippen molar-refractivity contribution in [1.82, 2.24) is 0 Å². The summed E-state index contributed by atoms with van der Waals surface area (Å²) in [5.41, 5.74) is 3.69. The average Bonchev–Trinajstić information content (AvgIpc) is 3.70. The Bertz CT molecular complexity index is 1850. The first-order chi connectivity index (χ1) is 20.5. The van der Waals surface area contributed by atoms with Gasteiger partial charge in [-0.05, 0) is 54.4 Å². The monoisotopic (exact) mass is 554 g/mol. The molecule has 1 N–H and O–H groups in total. The molecule has 0 aliphatic carbocycles. The number of nitrogens with zero attached hydrogens (tertiary/aromatic N) is 1. The number of nitrogens with one attached hydrogen (secondary N) is 1. The van der Waals surface area contributed by atoms with Gasteiger partial charge in [-0.1, -0.05) is 72.3 Å². The van der Waals surface area contributed by atoms with Gasteiger partial charge in [-0.25, -0.2) is 0 Å². The lowest BCUT2D eigenvalue weighted by Crippen LogP contribution is -2.51.